The molecule has 0 atom stereocenters. The Hall–Kier alpha value is -2.68. The number of urea groups is 1. The average Bonchev–Trinajstić information content (AvgIpc) is 3.50. The molecular weight excluding hydrogens is 461 g/mol. The summed E-state index contributed by atoms with van der Waals surface area (Å²) >= 11 is 6.24. The van der Waals surface area contributed by atoms with Crippen LogP contribution in [0, 0.1) is 0 Å². The Morgan fingerprint density at radius 3 is 2.61 bits per heavy atom. The normalized spacial score (nSPS) is 23.0. The number of nitrogens with two attached hydrogens (primary N) is 1. The maximum Gasteiger partial charge on any atom is 0.324 e. The third-order valence-electron chi connectivity index (χ3n) is 7.00. The minimum absolute atomic E-state index is 0. The number of H-pyrrole nitrogens is 1. The Morgan fingerprint density at radius 1 is 1.12 bits per heavy atom. The van der Waals surface area contributed by atoms with Crippen LogP contribution >= 0.6 is 24.0 Å². The van der Waals surface area contributed by atoms with E-state index in [0.29, 0.717) is 18.9 Å². The number of rotatable bonds is 5. The lowest BCUT2D eigenvalue weighted by molar-refractivity contribution is 0.156. The highest BCUT2D eigenvalue weighted by Crippen LogP contribution is 2.41. The molecule has 1 aliphatic heterocycles. The number of carbonyl (C=O) groups excluding carboxylic acids is 1. The van der Waals surface area contributed by atoms with Gasteiger partial charge in [-0.2, -0.15) is 0 Å². The number of hydrogen-bond acceptors (Lipinski definition) is 5. The van der Waals surface area contributed by atoms with Crippen LogP contribution in [-0.4, -0.2) is 57.2 Å². The van der Waals surface area contributed by atoms with Gasteiger partial charge in [0.05, 0.1) is 0 Å². The van der Waals surface area contributed by atoms with Crippen LogP contribution in [0.4, 0.5) is 10.5 Å². The third kappa shape index (κ3) is 4.43. The number of nitrogens with one attached hydrogen (secondary N) is 1. The van der Waals surface area contributed by atoms with Crippen molar-refractivity contribution in [2.75, 3.05) is 24.5 Å². The molecule has 2 amide bonds. The van der Waals surface area contributed by atoms with E-state index in [1.807, 2.05) is 52.3 Å². The number of hydrogen-bond donors (Lipinski definition) is 2. The summed E-state index contributed by atoms with van der Waals surface area (Å²) in [6.07, 6.45) is 3.78. The van der Waals surface area contributed by atoms with E-state index in [4.69, 9.17) is 17.3 Å². The predicted octanol–water partition coefficient (Wildman–Crippen LogP) is 4.02. The van der Waals surface area contributed by atoms with Gasteiger partial charge in [-0.15, -0.1) is 17.5 Å². The zero-order valence-electron chi connectivity index (χ0n) is 18.2. The number of tetrazole rings is 1. The molecule has 33 heavy (non-hydrogen) atoms. The molecule has 2 aliphatic rings. The van der Waals surface area contributed by atoms with E-state index in [1.54, 1.807) is 0 Å². The van der Waals surface area contributed by atoms with Crippen molar-refractivity contribution in [1.29, 1.82) is 0 Å². The summed E-state index contributed by atoms with van der Waals surface area (Å²) in [5.41, 5.74) is 9.10. The molecule has 3 N–H and O–H groups in total. The number of nitrogens with zero attached hydrogens (tertiary/aromatic N) is 5. The standard InChI is InChI=1S/C23H26ClN7O.ClH/c24-18-5-2-4-17(14-18)23(15-25)9-7-19(8-10-23)30-11-12-31(22(30)32)20-6-1-3-16(13-20)21-26-28-29-27-21;/h1-6,13-14,19H,7-12,15,25H2,(H,26,27,28,29);1H/t19-,23+;. The van der Waals surface area contributed by atoms with E-state index in [1.165, 1.54) is 5.56 Å². The molecule has 2 fully saturated rings. The van der Waals surface area contributed by atoms with Crippen LogP contribution in [0.15, 0.2) is 48.5 Å². The Bertz CT molecular complexity index is 1100. The quantitative estimate of drug-likeness (QED) is 0.565. The number of benzene rings is 2. The van der Waals surface area contributed by atoms with Crippen molar-refractivity contribution in [1.82, 2.24) is 25.5 Å². The second kappa shape index (κ2) is 9.67. The second-order valence-corrected chi connectivity index (χ2v) is 9.09. The first-order valence-corrected chi connectivity index (χ1v) is 11.4. The van der Waals surface area contributed by atoms with Gasteiger partial charge in [0.25, 0.3) is 0 Å². The van der Waals surface area contributed by atoms with Crippen molar-refractivity contribution >= 4 is 35.7 Å². The molecule has 10 heteroatoms. The molecule has 5 rings (SSSR count). The molecule has 8 nitrogen and oxygen atoms in total. The van der Waals surface area contributed by atoms with E-state index < -0.39 is 0 Å². The largest absolute Gasteiger partial charge is 0.330 e. The first-order chi connectivity index (χ1) is 15.6. The van der Waals surface area contributed by atoms with E-state index in [-0.39, 0.29) is 29.9 Å². The van der Waals surface area contributed by atoms with Crippen LogP contribution in [0.3, 0.4) is 0 Å². The van der Waals surface area contributed by atoms with Gasteiger partial charge in [0, 0.05) is 47.4 Å². The summed E-state index contributed by atoms with van der Waals surface area (Å²) < 4.78 is 0. The zero-order chi connectivity index (χ0) is 22.1. The number of aromatic nitrogens is 4. The topological polar surface area (TPSA) is 104 Å². The number of anilines is 1. The summed E-state index contributed by atoms with van der Waals surface area (Å²) in [5, 5.41) is 14.7. The van der Waals surface area contributed by atoms with Crippen LogP contribution in [0.25, 0.3) is 11.4 Å². The monoisotopic (exact) mass is 487 g/mol. The molecule has 0 radical (unpaired) electrons. The van der Waals surface area contributed by atoms with Crippen molar-refractivity contribution in [3.63, 3.8) is 0 Å². The van der Waals surface area contributed by atoms with Gasteiger partial charge in [0.15, 0.2) is 5.82 Å². The molecule has 0 bridgehead atoms. The van der Waals surface area contributed by atoms with Crippen LogP contribution in [0.1, 0.15) is 31.2 Å². The third-order valence-corrected chi connectivity index (χ3v) is 7.23. The first kappa shape index (κ1) is 23.5. The lowest BCUT2D eigenvalue weighted by Crippen LogP contribution is -2.46. The number of carbonyl (C=O) groups is 1. The van der Waals surface area contributed by atoms with Crippen LogP contribution in [0.2, 0.25) is 5.02 Å². The molecule has 1 saturated heterocycles. The van der Waals surface area contributed by atoms with Gasteiger partial charge >= 0.3 is 6.03 Å². The van der Waals surface area contributed by atoms with Gasteiger partial charge in [-0.05, 0) is 65.9 Å². The molecule has 1 aliphatic carbocycles. The summed E-state index contributed by atoms with van der Waals surface area (Å²) in [7, 11) is 0. The highest BCUT2D eigenvalue weighted by Gasteiger charge is 2.41. The minimum atomic E-state index is -0.0662. The van der Waals surface area contributed by atoms with Crippen molar-refractivity contribution in [2.24, 2.45) is 5.73 Å². The Morgan fingerprint density at radius 2 is 1.91 bits per heavy atom. The molecule has 3 aromatic rings. The summed E-state index contributed by atoms with van der Waals surface area (Å²) in [6.45, 7) is 1.98. The fraction of sp³-hybridized carbons (Fsp3) is 0.391. The Kier molecular flexibility index (Phi) is 6.88. The predicted molar refractivity (Wildman–Crippen MR) is 131 cm³/mol. The van der Waals surface area contributed by atoms with Gasteiger partial charge in [-0.25, -0.2) is 9.89 Å². The van der Waals surface area contributed by atoms with Gasteiger partial charge in [0.1, 0.15) is 0 Å². The van der Waals surface area contributed by atoms with Crippen molar-refractivity contribution in [2.45, 2.75) is 37.1 Å². The molecule has 2 aromatic carbocycles. The molecule has 174 valence electrons. The van der Waals surface area contributed by atoms with Crippen molar-refractivity contribution in [3.05, 3.63) is 59.1 Å². The van der Waals surface area contributed by atoms with Gasteiger partial charge in [-0.3, -0.25) is 4.90 Å². The van der Waals surface area contributed by atoms with Gasteiger partial charge < -0.3 is 10.6 Å². The lowest BCUT2D eigenvalue weighted by Gasteiger charge is -2.42. The summed E-state index contributed by atoms with van der Waals surface area (Å²) in [4.78, 5) is 17.2. The van der Waals surface area contributed by atoms with Crippen molar-refractivity contribution in [3.8, 4) is 11.4 Å². The molecule has 2 heterocycles. The molecule has 0 spiro atoms. The van der Waals surface area contributed by atoms with Crippen LogP contribution < -0.4 is 10.6 Å². The number of aromatic amines is 1. The zero-order valence-corrected chi connectivity index (χ0v) is 19.7. The van der Waals surface area contributed by atoms with E-state index >= 15 is 0 Å². The Balaban J connectivity index is 0.00000259. The minimum Gasteiger partial charge on any atom is -0.330 e. The molecule has 0 unspecified atom stereocenters. The maximum absolute atomic E-state index is 13.3. The first-order valence-electron chi connectivity index (χ1n) is 11.0. The van der Waals surface area contributed by atoms with Gasteiger partial charge in [0.2, 0.25) is 0 Å². The highest BCUT2D eigenvalue weighted by molar-refractivity contribution is 6.30. The summed E-state index contributed by atoms with van der Waals surface area (Å²) in [6, 6.07) is 16.1. The molecule has 1 saturated carbocycles. The number of amides is 2. The van der Waals surface area contributed by atoms with E-state index in [2.05, 4.69) is 26.7 Å². The van der Waals surface area contributed by atoms with Gasteiger partial charge in [-0.1, -0.05) is 35.9 Å². The fourth-order valence-electron chi connectivity index (χ4n) is 5.13. The van der Waals surface area contributed by atoms with Crippen molar-refractivity contribution < 1.29 is 4.79 Å². The molecule has 1 aromatic heterocycles. The second-order valence-electron chi connectivity index (χ2n) is 8.65. The maximum atomic E-state index is 13.3. The van der Waals surface area contributed by atoms with Crippen LogP contribution in [-0.2, 0) is 5.41 Å². The van der Waals surface area contributed by atoms with E-state index in [9.17, 15) is 4.79 Å². The number of halogens is 2. The SMILES string of the molecule is Cl.NC[C@]1(c2cccc(Cl)c2)CC[C@@H](N2CCN(c3cccc(-c4nnn[nH]4)c3)C2=O)CC1. The van der Waals surface area contributed by atoms with E-state index in [0.717, 1.165) is 48.5 Å². The molecular formula is C23H27Cl2N7O. The lowest BCUT2D eigenvalue weighted by atomic mass is 9.68. The van der Waals surface area contributed by atoms with Crippen LogP contribution in [0.5, 0.6) is 0 Å². The average molecular weight is 488 g/mol. The fourth-order valence-corrected chi connectivity index (χ4v) is 5.32. The Labute approximate surface area is 203 Å². The highest BCUT2D eigenvalue weighted by atomic mass is 35.5. The summed E-state index contributed by atoms with van der Waals surface area (Å²) in [5.74, 6) is 0.585. The smallest absolute Gasteiger partial charge is 0.324 e.